The summed E-state index contributed by atoms with van der Waals surface area (Å²) < 4.78 is 5.98. The number of nitrogens with zero attached hydrogens (tertiary/aromatic N) is 3. The third-order valence-electron chi connectivity index (χ3n) is 11.7. The van der Waals surface area contributed by atoms with E-state index in [1.165, 1.54) is 21.6 Å². The first-order valence-corrected chi connectivity index (χ1v) is 20.5. The van der Waals surface area contributed by atoms with Crippen LogP contribution in [0.4, 0.5) is 10.5 Å². The van der Waals surface area contributed by atoms with E-state index in [0.717, 1.165) is 22.3 Å². The van der Waals surface area contributed by atoms with Crippen molar-refractivity contribution in [3.63, 3.8) is 0 Å². The Morgan fingerprint density at radius 3 is 2.14 bits per heavy atom. The molecule has 6 rings (SSSR count). The van der Waals surface area contributed by atoms with Gasteiger partial charge in [0, 0.05) is 31.7 Å². The number of benzene rings is 2. The zero-order chi connectivity index (χ0) is 41.8. The second-order valence-electron chi connectivity index (χ2n) is 16.7. The summed E-state index contributed by atoms with van der Waals surface area (Å²) in [5, 5.41) is 11.2. The van der Waals surface area contributed by atoms with Crippen molar-refractivity contribution in [1.29, 1.82) is 0 Å². The minimum Gasteiger partial charge on any atom is -0.458 e. The number of anilines is 1. The van der Waals surface area contributed by atoms with E-state index in [1.54, 1.807) is 19.1 Å². The fourth-order valence-electron chi connectivity index (χ4n) is 8.82. The summed E-state index contributed by atoms with van der Waals surface area (Å²) >= 11 is 0. The third-order valence-corrected chi connectivity index (χ3v) is 11.7. The van der Waals surface area contributed by atoms with E-state index >= 15 is 0 Å². The lowest BCUT2D eigenvalue weighted by atomic mass is 9.98. The Morgan fingerprint density at radius 2 is 1.43 bits per heavy atom. The third kappa shape index (κ3) is 9.62. The molecule has 312 valence electrons. The number of carbonyl (C=O) groups is 7. The molecule has 58 heavy (non-hydrogen) atoms. The molecule has 0 aliphatic carbocycles. The van der Waals surface area contributed by atoms with Crippen molar-refractivity contribution < 1.29 is 38.3 Å². The van der Waals surface area contributed by atoms with Gasteiger partial charge in [0.2, 0.25) is 29.5 Å². The van der Waals surface area contributed by atoms with E-state index in [1.807, 2.05) is 58.0 Å². The summed E-state index contributed by atoms with van der Waals surface area (Å²) in [6, 6.07) is 6.00. The maximum atomic E-state index is 14.8. The van der Waals surface area contributed by atoms with Crippen LogP contribution in [0.2, 0.25) is 0 Å². The second kappa shape index (κ2) is 18.0. The number of hydrogen-bond acceptors (Lipinski definition) is 8. The fraction of sp³-hybridized carbons (Fsp3) is 0.558. The monoisotopic (exact) mass is 799 g/mol. The van der Waals surface area contributed by atoms with Gasteiger partial charge in [-0.15, -0.1) is 0 Å². The smallest absolute Gasteiger partial charge is 0.329 e. The van der Waals surface area contributed by atoms with Crippen LogP contribution in [0, 0.1) is 26.7 Å². The van der Waals surface area contributed by atoms with Crippen molar-refractivity contribution in [2.75, 3.05) is 25.0 Å². The Bertz CT molecular complexity index is 1900. The van der Waals surface area contributed by atoms with Crippen LogP contribution in [0.3, 0.4) is 0 Å². The number of rotatable bonds is 6. The lowest BCUT2D eigenvalue weighted by molar-refractivity contribution is -0.163. The quantitative estimate of drug-likeness (QED) is 0.322. The highest BCUT2D eigenvalue weighted by Gasteiger charge is 2.47. The molecule has 2 aromatic carbocycles. The van der Waals surface area contributed by atoms with Gasteiger partial charge in [-0.05, 0) is 96.8 Å². The molecular formula is C43H57N7O8. The largest absolute Gasteiger partial charge is 0.458 e. The molecule has 4 aliphatic heterocycles. The maximum absolute atomic E-state index is 14.8. The van der Waals surface area contributed by atoms with Gasteiger partial charge in [0.1, 0.15) is 42.4 Å². The SMILES string of the molecule is Cc1ccc(NC(=O)N[C@@H](Cc2cc(C)cc(C)c2)C(=O)N[C@@H]2C(=O)N3CCC[C@H]3C(=O)N3CCCC[C@H]3C(=O)N[C@@H](C)C(=O)N3C[C@H](C)C[C@H]3C(=O)O[C@H]2C)cc1. The molecule has 0 spiro atoms. The number of hydrogen-bond donors (Lipinski definition) is 4. The topological polar surface area (TPSA) is 187 Å². The van der Waals surface area contributed by atoms with Crippen molar-refractivity contribution in [2.45, 2.75) is 129 Å². The Hall–Kier alpha value is -5.47. The zero-order valence-electron chi connectivity index (χ0n) is 34.3. The lowest BCUT2D eigenvalue weighted by Gasteiger charge is -2.39. The first kappa shape index (κ1) is 42.1. The molecule has 4 saturated heterocycles. The average molecular weight is 800 g/mol. The van der Waals surface area contributed by atoms with Gasteiger partial charge >= 0.3 is 12.0 Å². The summed E-state index contributed by atoms with van der Waals surface area (Å²) in [6.07, 6.45) is 1.75. The van der Waals surface area contributed by atoms with Crippen LogP contribution in [0.1, 0.15) is 81.5 Å². The number of piperidine rings is 1. The van der Waals surface area contributed by atoms with Gasteiger partial charge in [-0.25, -0.2) is 9.59 Å². The summed E-state index contributed by atoms with van der Waals surface area (Å²) in [6.45, 7) is 11.5. The second-order valence-corrected chi connectivity index (χ2v) is 16.7. The van der Waals surface area contributed by atoms with Crippen molar-refractivity contribution in [2.24, 2.45) is 5.92 Å². The van der Waals surface area contributed by atoms with Crippen LogP contribution in [0.5, 0.6) is 0 Å². The molecule has 15 heteroatoms. The molecule has 4 N–H and O–H groups in total. The zero-order valence-corrected chi connectivity index (χ0v) is 34.3. The number of fused-ring (bicyclic) bond motifs is 3. The van der Waals surface area contributed by atoms with Crippen molar-refractivity contribution in [3.8, 4) is 0 Å². The number of esters is 1. The molecule has 2 aromatic rings. The van der Waals surface area contributed by atoms with Crippen LogP contribution < -0.4 is 21.3 Å². The van der Waals surface area contributed by atoms with Crippen LogP contribution in [0.25, 0.3) is 0 Å². The predicted molar refractivity (Wildman–Crippen MR) is 215 cm³/mol. The molecule has 7 amide bonds. The summed E-state index contributed by atoms with van der Waals surface area (Å²) in [5.41, 5.74) is 4.23. The molecule has 0 saturated carbocycles. The van der Waals surface area contributed by atoms with Gasteiger partial charge in [-0.1, -0.05) is 53.9 Å². The molecule has 0 unspecified atom stereocenters. The van der Waals surface area contributed by atoms with Crippen LogP contribution in [-0.4, -0.2) is 118 Å². The number of cyclic esters (lactones) is 1. The van der Waals surface area contributed by atoms with Crippen LogP contribution in [0.15, 0.2) is 42.5 Å². The van der Waals surface area contributed by atoms with E-state index in [0.29, 0.717) is 50.8 Å². The number of ether oxygens (including phenoxy) is 1. The Kier molecular flexibility index (Phi) is 13.1. The number of nitrogens with one attached hydrogen (secondary N) is 4. The normalized spacial score (nSPS) is 27.5. The maximum Gasteiger partial charge on any atom is 0.329 e. The summed E-state index contributed by atoms with van der Waals surface area (Å²) in [7, 11) is 0. The minimum absolute atomic E-state index is 0.0566. The van der Waals surface area contributed by atoms with Gasteiger partial charge in [-0.2, -0.15) is 0 Å². The Morgan fingerprint density at radius 1 is 0.776 bits per heavy atom. The number of carbonyl (C=O) groups excluding carboxylic acids is 7. The van der Waals surface area contributed by atoms with Crippen LogP contribution in [-0.2, 0) is 39.9 Å². The summed E-state index contributed by atoms with van der Waals surface area (Å²) in [5.74, 6) is -3.45. The molecule has 4 aliphatic rings. The van der Waals surface area contributed by atoms with E-state index < -0.39 is 78.0 Å². The predicted octanol–water partition coefficient (Wildman–Crippen LogP) is 2.89. The fourth-order valence-corrected chi connectivity index (χ4v) is 8.82. The van der Waals surface area contributed by atoms with E-state index in [4.69, 9.17) is 4.74 Å². The lowest BCUT2D eigenvalue weighted by Crippen LogP contribution is -2.63. The van der Waals surface area contributed by atoms with Crippen molar-refractivity contribution >= 4 is 47.2 Å². The highest BCUT2D eigenvalue weighted by atomic mass is 16.5. The molecule has 4 heterocycles. The Balaban J connectivity index is 1.34. The van der Waals surface area contributed by atoms with Gasteiger partial charge in [0.25, 0.3) is 0 Å². The van der Waals surface area contributed by atoms with Gasteiger partial charge in [-0.3, -0.25) is 24.0 Å². The number of aryl methyl sites for hydroxylation is 3. The minimum atomic E-state index is -1.47. The summed E-state index contributed by atoms with van der Waals surface area (Å²) in [4.78, 5) is 103. The molecule has 0 bridgehead atoms. The van der Waals surface area contributed by atoms with Crippen molar-refractivity contribution in [1.82, 2.24) is 30.7 Å². The van der Waals surface area contributed by atoms with E-state index in [-0.39, 0.29) is 31.3 Å². The molecule has 0 radical (unpaired) electrons. The first-order chi connectivity index (χ1) is 27.6. The highest BCUT2D eigenvalue weighted by molar-refractivity contribution is 5.98. The van der Waals surface area contributed by atoms with E-state index in [2.05, 4.69) is 21.3 Å². The number of amides is 7. The number of urea groups is 1. The molecular weight excluding hydrogens is 743 g/mol. The first-order valence-electron chi connectivity index (χ1n) is 20.5. The average Bonchev–Trinajstić information content (AvgIpc) is 3.83. The van der Waals surface area contributed by atoms with Gasteiger partial charge in [0.05, 0.1) is 0 Å². The highest BCUT2D eigenvalue weighted by Crippen LogP contribution is 2.29. The molecule has 0 aromatic heterocycles. The molecule has 15 nitrogen and oxygen atoms in total. The Labute approximate surface area is 340 Å². The molecule has 8 atom stereocenters. The van der Waals surface area contributed by atoms with Crippen molar-refractivity contribution in [3.05, 3.63) is 64.7 Å². The molecule has 4 fully saturated rings. The van der Waals surface area contributed by atoms with Gasteiger partial charge < -0.3 is 40.7 Å². The van der Waals surface area contributed by atoms with Crippen LogP contribution >= 0.6 is 0 Å². The van der Waals surface area contributed by atoms with Gasteiger partial charge in [0.15, 0.2) is 0 Å². The standard InChI is InChI=1S/C43H57N7O8/c1-24-12-14-31(15-13-24)45-43(57)46-32(22-30-19-25(2)18-26(3)20-30)37(51)47-36-29(6)58-42(56)35-21-27(4)23-50(35)39(53)28(5)44-38(52)33-10-7-8-16-48(33)40(54)34-11-9-17-49(34)41(36)55/h12-15,18-20,27-29,32-36H,7-11,16-17,21-23H2,1-6H3,(H,44,52)(H,47,51)(H2,45,46,57)/t27-,28+,29+,32+,33+,34+,35+,36+/m1/s1. The van der Waals surface area contributed by atoms with E-state index in [9.17, 15) is 33.6 Å².